The summed E-state index contributed by atoms with van der Waals surface area (Å²) in [6.07, 6.45) is 2.35. The zero-order valence-electron chi connectivity index (χ0n) is 10.8. The van der Waals surface area contributed by atoms with Gasteiger partial charge in [-0.3, -0.25) is 0 Å². The molecule has 96 valence electrons. The molecular formula is C12H21N3OS. The third-order valence-electron chi connectivity index (χ3n) is 3.07. The minimum absolute atomic E-state index is 0.296. The summed E-state index contributed by atoms with van der Waals surface area (Å²) in [5.41, 5.74) is 0. The Morgan fingerprint density at radius 1 is 1.47 bits per heavy atom. The second-order valence-corrected chi connectivity index (χ2v) is 5.96. The van der Waals surface area contributed by atoms with Crippen molar-refractivity contribution in [1.82, 2.24) is 15.5 Å². The van der Waals surface area contributed by atoms with Gasteiger partial charge in [0, 0.05) is 31.5 Å². The summed E-state index contributed by atoms with van der Waals surface area (Å²) in [6.45, 7) is 8.27. The van der Waals surface area contributed by atoms with Gasteiger partial charge in [0.15, 0.2) is 0 Å². The van der Waals surface area contributed by atoms with Crippen LogP contribution in [0.1, 0.15) is 43.1 Å². The van der Waals surface area contributed by atoms with Crippen molar-refractivity contribution in [3.05, 3.63) is 10.0 Å². The average molecular weight is 255 g/mol. The predicted molar refractivity (Wildman–Crippen MR) is 69.5 cm³/mol. The fourth-order valence-corrected chi connectivity index (χ4v) is 3.11. The zero-order valence-corrected chi connectivity index (χ0v) is 11.6. The molecule has 1 aromatic heterocycles. The summed E-state index contributed by atoms with van der Waals surface area (Å²) in [6, 6.07) is 0.533. The van der Waals surface area contributed by atoms with Gasteiger partial charge in [-0.25, -0.2) is 0 Å². The van der Waals surface area contributed by atoms with Crippen LogP contribution in [0.2, 0.25) is 0 Å². The minimum atomic E-state index is 0.296. The molecule has 1 fully saturated rings. The Labute approximate surface area is 107 Å². The molecule has 0 spiro atoms. The molecule has 0 aliphatic carbocycles. The van der Waals surface area contributed by atoms with Crippen LogP contribution in [0.15, 0.2) is 0 Å². The monoisotopic (exact) mass is 255 g/mol. The fourth-order valence-electron chi connectivity index (χ4n) is 2.04. The molecular weight excluding hydrogens is 234 g/mol. The molecule has 0 radical (unpaired) electrons. The van der Waals surface area contributed by atoms with E-state index in [0.29, 0.717) is 18.1 Å². The first kappa shape index (κ1) is 12.9. The highest BCUT2D eigenvalue weighted by Gasteiger charge is 2.28. The van der Waals surface area contributed by atoms with Gasteiger partial charge in [-0.05, 0) is 13.3 Å². The van der Waals surface area contributed by atoms with Crippen molar-refractivity contribution in [3.63, 3.8) is 0 Å². The molecule has 0 amide bonds. The van der Waals surface area contributed by atoms with Crippen LogP contribution in [0.25, 0.3) is 0 Å². The maximum absolute atomic E-state index is 5.57. The second-order valence-electron chi connectivity index (χ2n) is 4.86. The van der Waals surface area contributed by atoms with Crippen LogP contribution >= 0.6 is 11.3 Å². The van der Waals surface area contributed by atoms with E-state index in [4.69, 9.17) is 4.74 Å². The quantitative estimate of drug-likeness (QED) is 0.874. The van der Waals surface area contributed by atoms with Crippen LogP contribution in [0.3, 0.4) is 0 Å². The minimum Gasteiger partial charge on any atom is -0.378 e. The summed E-state index contributed by atoms with van der Waals surface area (Å²) in [5.74, 6) is 0.458. The van der Waals surface area contributed by atoms with Crippen LogP contribution in [0.4, 0.5) is 0 Å². The Kier molecular flexibility index (Phi) is 4.48. The van der Waals surface area contributed by atoms with Crippen LogP contribution in [0, 0.1) is 0 Å². The molecule has 2 rings (SSSR count). The average Bonchev–Trinajstić information content (AvgIpc) is 2.86. The molecule has 2 atom stereocenters. The zero-order chi connectivity index (χ0) is 12.3. The van der Waals surface area contributed by atoms with Gasteiger partial charge >= 0.3 is 0 Å². The lowest BCUT2D eigenvalue weighted by Crippen LogP contribution is -2.24. The van der Waals surface area contributed by atoms with E-state index in [0.717, 1.165) is 36.0 Å². The Balaban J connectivity index is 1.87. The topological polar surface area (TPSA) is 47.0 Å². The van der Waals surface area contributed by atoms with E-state index in [1.807, 2.05) is 0 Å². The lowest BCUT2D eigenvalue weighted by molar-refractivity contribution is 0.118. The molecule has 1 aliphatic heterocycles. The third-order valence-corrected chi connectivity index (χ3v) is 4.18. The molecule has 0 aromatic carbocycles. The number of ether oxygens (including phenoxy) is 1. The van der Waals surface area contributed by atoms with Crippen molar-refractivity contribution in [3.8, 4) is 0 Å². The van der Waals surface area contributed by atoms with Gasteiger partial charge in [0.2, 0.25) is 0 Å². The molecule has 17 heavy (non-hydrogen) atoms. The van der Waals surface area contributed by atoms with E-state index < -0.39 is 0 Å². The number of nitrogens with one attached hydrogen (secondary N) is 1. The first-order chi connectivity index (χ1) is 8.16. The first-order valence-corrected chi connectivity index (χ1v) is 7.15. The van der Waals surface area contributed by atoms with Crippen LogP contribution in [-0.2, 0) is 11.2 Å². The Morgan fingerprint density at radius 2 is 2.29 bits per heavy atom. The Hall–Kier alpha value is -0.520. The van der Waals surface area contributed by atoms with E-state index in [-0.39, 0.29) is 0 Å². The lowest BCUT2D eigenvalue weighted by atomic mass is 10.0. The van der Waals surface area contributed by atoms with Gasteiger partial charge in [-0.15, -0.1) is 21.5 Å². The number of nitrogens with zero attached hydrogens (tertiary/aromatic N) is 2. The summed E-state index contributed by atoms with van der Waals surface area (Å²) in [7, 11) is 0. The van der Waals surface area contributed by atoms with Gasteiger partial charge in [-0.1, -0.05) is 13.8 Å². The maximum Gasteiger partial charge on any atom is 0.123 e. The molecule has 1 N–H and O–H groups in total. The number of hydrogen-bond acceptors (Lipinski definition) is 5. The second kappa shape index (κ2) is 5.89. The number of rotatable bonds is 5. The molecule has 5 heteroatoms. The SMILES string of the molecule is CC(C)NCCc1nnc(C2CCOC2C)s1. The maximum atomic E-state index is 5.57. The van der Waals surface area contributed by atoms with Crippen molar-refractivity contribution >= 4 is 11.3 Å². The van der Waals surface area contributed by atoms with E-state index in [1.54, 1.807) is 11.3 Å². The van der Waals surface area contributed by atoms with Gasteiger partial charge < -0.3 is 10.1 Å². The van der Waals surface area contributed by atoms with Crippen molar-refractivity contribution in [1.29, 1.82) is 0 Å². The summed E-state index contributed by atoms with van der Waals surface area (Å²) in [4.78, 5) is 0. The molecule has 2 heterocycles. The van der Waals surface area contributed by atoms with Gasteiger partial charge in [0.05, 0.1) is 6.10 Å². The van der Waals surface area contributed by atoms with Gasteiger partial charge in [0.25, 0.3) is 0 Å². The molecule has 1 saturated heterocycles. The van der Waals surface area contributed by atoms with E-state index in [2.05, 4.69) is 36.3 Å². The number of aromatic nitrogens is 2. The molecule has 4 nitrogen and oxygen atoms in total. The van der Waals surface area contributed by atoms with E-state index in [1.165, 1.54) is 0 Å². The molecule has 2 unspecified atom stereocenters. The molecule has 1 aliphatic rings. The highest BCUT2D eigenvalue weighted by Crippen LogP contribution is 2.32. The summed E-state index contributed by atoms with van der Waals surface area (Å²) < 4.78 is 5.57. The van der Waals surface area contributed by atoms with Crippen LogP contribution in [-0.4, -0.2) is 35.5 Å². The first-order valence-electron chi connectivity index (χ1n) is 6.34. The van der Waals surface area contributed by atoms with Crippen molar-refractivity contribution < 1.29 is 4.74 Å². The fraction of sp³-hybridized carbons (Fsp3) is 0.833. The Bertz CT molecular complexity index is 353. The summed E-state index contributed by atoms with van der Waals surface area (Å²) in [5, 5.41) is 14.2. The van der Waals surface area contributed by atoms with E-state index in [9.17, 15) is 0 Å². The highest BCUT2D eigenvalue weighted by molar-refractivity contribution is 7.11. The molecule has 0 bridgehead atoms. The van der Waals surface area contributed by atoms with Crippen LogP contribution < -0.4 is 5.32 Å². The van der Waals surface area contributed by atoms with Crippen molar-refractivity contribution in [2.24, 2.45) is 0 Å². The van der Waals surface area contributed by atoms with E-state index >= 15 is 0 Å². The third kappa shape index (κ3) is 3.47. The van der Waals surface area contributed by atoms with Gasteiger partial charge in [0.1, 0.15) is 10.0 Å². The normalized spacial score (nSPS) is 24.7. The molecule has 1 aromatic rings. The molecule has 0 saturated carbocycles. The van der Waals surface area contributed by atoms with Crippen LogP contribution in [0.5, 0.6) is 0 Å². The highest BCUT2D eigenvalue weighted by atomic mass is 32.1. The standard InChI is InChI=1S/C12H21N3OS/c1-8(2)13-6-4-11-14-15-12(17-11)10-5-7-16-9(10)3/h8-10,13H,4-7H2,1-3H3. The van der Waals surface area contributed by atoms with Crippen molar-refractivity contribution in [2.75, 3.05) is 13.2 Å². The lowest BCUT2D eigenvalue weighted by Gasteiger charge is -2.09. The summed E-state index contributed by atoms with van der Waals surface area (Å²) >= 11 is 1.74. The van der Waals surface area contributed by atoms with Gasteiger partial charge in [-0.2, -0.15) is 0 Å². The Morgan fingerprint density at radius 3 is 2.94 bits per heavy atom. The largest absolute Gasteiger partial charge is 0.378 e. The predicted octanol–water partition coefficient (Wildman–Crippen LogP) is 1.97. The smallest absolute Gasteiger partial charge is 0.123 e. The number of hydrogen-bond donors (Lipinski definition) is 1. The van der Waals surface area contributed by atoms with Crippen molar-refractivity contribution in [2.45, 2.75) is 51.7 Å².